The van der Waals surface area contributed by atoms with E-state index in [1.807, 2.05) is 0 Å². The number of hydrogen-bond acceptors (Lipinski definition) is 6. The molecule has 10 heteroatoms. The third kappa shape index (κ3) is 4.05. The molecule has 0 radical (unpaired) electrons. The quantitative estimate of drug-likeness (QED) is 0.550. The summed E-state index contributed by atoms with van der Waals surface area (Å²) in [6, 6.07) is 9.46. The van der Waals surface area contributed by atoms with Crippen molar-refractivity contribution in [1.82, 2.24) is 10.2 Å². The van der Waals surface area contributed by atoms with Gasteiger partial charge in [0.1, 0.15) is 22.9 Å². The second kappa shape index (κ2) is 7.90. The Bertz CT molecular complexity index is 1100. The summed E-state index contributed by atoms with van der Waals surface area (Å²) in [6.45, 7) is 0.293. The van der Waals surface area contributed by atoms with Crippen LogP contribution in [0.5, 0.6) is 5.75 Å². The van der Waals surface area contributed by atoms with Crippen LogP contribution in [-0.4, -0.2) is 29.1 Å². The van der Waals surface area contributed by atoms with Gasteiger partial charge in [0.15, 0.2) is 12.6 Å². The lowest BCUT2D eigenvalue weighted by molar-refractivity contribution is -0.0166. The SMILES string of the molecule is NC(=O)c1c(N=Cc2cc(F)cc3c2OCOC3)n[nH]c1Nc1ccc(Cl)cc1. The monoisotopic (exact) mass is 415 g/mol. The molecule has 0 unspecified atom stereocenters. The lowest BCUT2D eigenvalue weighted by atomic mass is 10.1. The third-order valence-corrected chi connectivity index (χ3v) is 4.39. The number of rotatable bonds is 5. The van der Waals surface area contributed by atoms with Crippen LogP contribution in [0.25, 0.3) is 0 Å². The van der Waals surface area contributed by atoms with E-state index in [9.17, 15) is 9.18 Å². The predicted molar refractivity (Wildman–Crippen MR) is 106 cm³/mol. The van der Waals surface area contributed by atoms with Gasteiger partial charge in [-0.2, -0.15) is 5.10 Å². The zero-order chi connectivity index (χ0) is 20.4. The van der Waals surface area contributed by atoms with Crippen molar-refractivity contribution >= 4 is 41.0 Å². The summed E-state index contributed by atoms with van der Waals surface area (Å²) < 4.78 is 24.5. The van der Waals surface area contributed by atoms with E-state index in [-0.39, 0.29) is 30.6 Å². The standard InChI is InChI=1S/C19H15ClFN5O3/c20-12-1-3-14(4-2-12)24-19-15(17(22)27)18(25-26-19)23-7-10-5-13(21)6-11-8-28-9-29-16(10)11/h1-7H,8-9H2,(H2,22,27)(H2,24,25,26). The number of nitrogens with zero attached hydrogens (tertiary/aromatic N) is 2. The Morgan fingerprint density at radius 3 is 2.90 bits per heavy atom. The molecule has 1 aliphatic rings. The van der Waals surface area contributed by atoms with E-state index in [0.29, 0.717) is 27.6 Å². The maximum atomic E-state index is 13.9. The van der Waals surface area contributed by atoms with Gasteiger partial charge in [-0.3, -0.25) is 9.89 Å². The topological polar surface area (TPSA) is 115 Å². The van der Waals surface area contributed by atoms with E-state index in [1.165, 1.54) is 18.3 Å². The number of anilines is 2. The van der Waals surface area contributed by atoms with Gasteiger partial charge in [-0.1, -0.05) is 11.6 Å². The molecule has 3 aromatic rings. The largest absolute Gasteiger partial charge is 0.466 e. The highest BCUT2D eigenvalue weighted by atomic mass is 35.5. The number of ether oxygens (including phenoxy) is 2. The van der Waals surface area contributed by atoms with Crippen molar-refractivity contribution in [1.29, 1.82) is 0 Å². The summed E-state index contributed by atoms with van der Waals surface area (Å²) in [4.78, 5) is 16.2. The van der Waals surface area contributed by atoms with E-state index < -0.39 is 11.7 Å². The van der Waals surface area contributed by atoms with Gasteiger partial charge in [-0.25, -0.2) is 9.38 Å². The van der Waals surface area contributed by atoms with Crippen LogP contribution < -0.4 is 15.8 Å². The molecule has 0 atom stereocenters. The molecule has 0 bridgehead atoms. The zero-order valence-corrected chi connectivity index (χ0v) is 15.7. The van der Waals surface area contributed by atoms with E-state index in [1.54, 1.807) is 24.3 Å². The highest BCUT2D eigenvalue weighted by Crippen LogP contribution is 2.30. The molecule has 0 aliphatic carbocycles. The van der Waals surface area contributed by atoms with Gasteiger partial charge in [0, 0.05) is 28.1 Å². The number of nitrogens with two attached hydrogens (primary N) is 1. The number of benzene rings is 2. The predicted octanol–water partition coefficient (Wildman–Crippen LogP) is 3.66. The first-order valence-corrected chi connectivity index (χ1v) is 8.87. The van der Waals surface area contributed by atoms with Crippen molar-refractivity contribution in [3.63, 3.8) is 0 Å². The number of amides is 1. The summed E-state index contributed by atoms with van der Waals surface area (Å²) in [6.07, 6.45) is 1.36. The molecule has 1 aromatic heterocycles. The second-order valence-corrected chi connectivity index (χ2v) is 6.58. The van der Waals surface area contributed by atoms with E-state index in [2.05, 4.69) is 20.5 Å². The molecule has 2 aromatic carbocycles. The highest BCUT2D eigenvalue weighted by molar-refractivity contribution is 6.30. The molecule has 4 N–H and O–H groups in total. The van der Waals surface area contributed by atoms with Gasteiger partial charge in [-0.05, 0) is 36.4 Å². The van der Waals surface area contributed by atoms with Crippen molar-refractivity contribution in [2.45, 2.75) is 6.61 Å². The molecule has 1 amide bonds. The van der Waals surface area contributed by atoms with Crippen LogP contribution in [0.1, 0.15) is 21.5 Å². The molecular weight excluding hydrogens is 401 g/mol. The summed E-state index contributed by atoms with van der Waals surface area (Å²) in [5.74, 6) is -0.385. The van der Waals surface area contributed by atoms with Crippen LogP contribution in [0.15, 0.2) is 41.4 Å². The third-order valence-electron chi connectivity index (χ3n) is 4.14. The summed E-state index contributed by atoms with van der Waals surface area (Å²) in [5.41, 5.74) is 7.20. The lowest BCUT2D eigenvalue weighted by Crippen LogP contribution is -2.13. The fourth-order valence-electron chi connectivity index (χ4n) is 2.86. The van der Waals surface area contributed by atoms with Gasteiger partial charge in [0.2, 0.25) is 0 Å². The first-order chi connectivity index (χ1) is 14.0. The van der Waals surface area contributed by atoms with Gasteiger partial charge in [-0.15, -0.1) is 0 Å². The number of hydrogen-bond donors (Lipinski definition) is 3. The zero-order valence-electron chi connectivity index (χ0n) is 14.9. The van der Waals surface area contributed by atoms with Crippen LogP contribution in [0.4, 0.5) is 21.7 Å². The number of nitrogens with one attached hydrogen (secondary N) is 2. The molecule has 1 aliphatic heterocycles. The number of carbonyl (C=O) groups is 1. The molecule has 0 saturated carbocycles. The minimum absolute atomic E-state index is 0.0547. The molecule has 148 valence electrons. The normalized spacial score (nSPS) is 13.2. The van der Waals surface area contributed by atoms with E-state index >= 15 is 0 Å². The molecule has 0 fully saturated rings. The smallest absolute Gasteiger partial charge is 0.256 e. The molecule has 0 saturated heterocycles. The number of aliphatic imine (C=N–C) groups is 1. The summed E-state index contributed by atoms with van der Waals surface area (Å²) in [5, 5.41) is 10.3. The number of primary amides is 1. The van der Waals surface area contributed by atoms with Crippen molar-refractivity contribution in [2.75, 3.05) is 12.1 Å². The Morgan fingerprint density at radius 1 is 1.34 bits per heavy atom. The second-order valence-electron chi connectivity index (χ2n) is 6.15. The van der Waals surface area contributed by atoms with Gasteiger partial charge >= 0.3 is 0 Å². The maximum absolute atomic E-state index is 13.9. The van der Waals surface area contributed by atoms with Crippen molar-refractivity contribution in [2.24, 2.45) is 10.7 Å². The minimum atomic E-state index is -0.728. The Balaban J connectivity index is 1.66. The fraction of sp³-hybridized carbons (Fsp3) is 0.105. The number of H-pyrrole nitrogens is 1. The van der Waals surface area contributed by atoms with Crippen LogP contribution in [0, 0.1) is 5.82 Å². The fourth-order valence-corrected chi connectivity index (χ4v) is 2.99. The maximum Gasteiger partial charge on any atom is 0.256 e. The molecule has 2 heterocycles. The Labute approximate surface area is 169 Å². The number of halogens is 2. The number of carbonyl (C=O) groups excluding carboxylic acids is 1. The summed E-state index contributed by atoms with van der Waals surface area (Å²) >= 11 is 5.88. The molecule has 0 spiro atoms. The van der Waals surface area contributed by atoms with Gasteiger partial charge in [0.25, 0.3) is 5.91 Å². The molecule has 8 nitrogen and oxygen atoms in total. The van der Waals surface area contributed by atoms with E-state index in [0.717, 1.165) is 0 Å². The molecular formula is C19H15ClFN5O3. The average molecular weight is 416 g/mol. The Morgan fingerprint density at radius 2 is 2.14 bits per heavy atom. The van der Waals surface area contributed by atoms with E-state index in [4.69, 9.17) is 26.8 Å². The van der Waals surface area contributed by atoms with Crippen molar-refractivity contribution in [3.05, 3.63) is 63.9 Å². The lowest BCUT2D eigenvalue weighted by Gasteiger charge is -2.19. The number of fused-ring (bicyclic) bond motifs is 1. The van der Waals surface area contributed by atoms with Gasteiger partial charge < -0.3 is 20.5 Å². The number of aromatic nitrogens is 2. The van der Waals surface area contributed by atoms with Crippen LogP contribution in [0.2, 0.25) is 5.02 Å². The van der Waals surface area contributed by atoms with Crippen LogP contribution in [-0.2, 0) is 11.3 Å². The summed E-state index contributed by atoms with van der Waals surface area (Å²) in [7, 11) is 0. The Hall–Kier alpha value is -3.43. The molecule has 4 rings (SSSR count). The average Bonchev–Trinajstić information content (AvgIpc) is 3.10. The highest BCUT2D eigenvalue weighted by Gasteiger charge is 2.19. The molecule has 29 heavy (non-hydrogen) atoms. The Kier molecular flexibility index (Phi) is 5.15. The van der Waals surface area contributed by atoms with Crippen molar-refractivity contribution < 1.29 is 18.7 Å². The van der Waals surface area contributed by atoms with Crippen LogP contribution >= 0.6 is 11.6 Å². The first-order valence-electron chi connectivity index (χ1n) is 8.49. The first kappa shape index (κ1) is 18.9. The van der Waals surface area contributed by atoms with Crippen molar-refractivity contribution in [3.8, 4) is 5.75 Å². The number of aromatic amines is 1. The minimum Gasteiger partial charge on any atom is -0.466 e. The van der Waals surface area contributed by atoms with Crippen LogP contribution in [0.3, 0.4) is 0 Å². The van der Waals surface area contributed by atoms with Gasteiger partial charge in [0.05, 0.1) is 6.61 Å².